The van der Waals surface area contributed by atoms with E-state index < -0.39 is 0 Å². The third-order valence-corrected chi connectivity index (χ3v) is 3.00. The average molecular weight is 200 g/mol. The number of rotatable bonds is 3. The second-order valence-electron chi connectivity index (χ2n) is 4.27. The van der Waals surface area contributed by atoms with Gasteiger partial charge in [-0.25, -0.2) is 0 Å². The molecular weight excluding hydrogens is 176 g/mol. The summed E-state index contributed by atoms with van der Waals surface area (Å²) in [6, 6.07) is 0. The molecule has 2 nitrogen and oxygen atoms in total. The summed E-state index contributed by atoms with van der Waals surface area (Å²) in [4.78, 5) is 0. The summed E-state index contributed by atoms with van der Waals surface area (Å²) in [6.45, 7) is 0.682. The first-order valence-electron chi connectivity index (χ1n) is 6.16. The van der Waals surface area contributed by atoms with Gasteiger partial charge >= 0.3 is 0 Å². The van der Waals surface area contributed by atoms with Crippen LogP contribution in [0.15, 0.2) is 0 Å². The van der Waals surface area contributed by atoms with Crippen molar-refractivity contribution < 1.29 is 9.84 Å². The van der Waals surface area contributed by atoms with Crippen LogP contribution in [0, 0.1) is 0 Å². The Bertz CT molecular complexity index is 115. The van der Waals surface area contributed by atoms with Gasteiger partial charge in [-0.3, -0.25) is 0 Å². The Balaban J connectivity index is 2.16. The number of hydrogen-bond donors (Lipinski definition) is 1. The molecule has 0 unspecified atom stereocenters. The molecule has 0 saturated heterocycles. The molecule has 0 atom stereocenters. The van der Waals surface area contributed by atoms with Crippen molar-refractivity contribution in [3.05, 3.63) is 0 Å². The Morgan fingerprint density at radius 1 is 0.857 bits per heavy atom. The fourth-order valence-corrected chi connectivity index (χ4v) is 2.16. The lowest BCUT2D eigenvalue weighted by atomic mass is 9.99. The van der Waals surface area contributed by atoms with Crippen molar-refractivity contribution in [2.75, 3.05) is 13.2 Å². The summed E-state index contributed by atoms with van der Waals surface area (Å²) in [5.74, 6) is 0. The largest absolute Gasteiger partial charge is 0.394 e. The molecule has 1 fully saturated rings. The molecule has 0 radical (unpaired) electrons. The maximum atomic E-state index is 8.70. The highest BCUT2D eigenvalue weighted by Crippen LogP contribution is 2.18. The fraction of sp³-hybridized carbons (Fsp3) is 1.00. The molecule has 0 amide bonds. The quantitative estimate of drug-likeness (QED) is 0.759. The van der Waals surface area contributed by atoms with E-state index in [0.29, 0.717) is 12.7 Å². The van der Waals surface area contributed by atoms with Crippen LogP contribution >= 0.6 is 0 Å². The van der Waals surface area contributed by atoms with Gasteiger partial charge in [-0.05, 0) is 12.8 Å². The highest BCUT2D eigenvalue weighted by atomic mass is 16.5. The van der Waals surface area contributed by atoms with E-state index in [4.69, 9.17) is 9.84 Å². The first-order chi connectivity index (χ1) is 6.93. The highest BCUT2D eigenvalue weighted by Gasteiger charge is 2.09. The Morgan fingerprint density at radius 3 is 1.86 bits per heavy atom. The third-order valence-electron chi connectivity index (χ3n) is 3.00. The molecule has 1 rings (SSSR count). The van der Waals surface area contributed by atoms with Crippen molar-refractivity contribution in [3.8, 4) is 0 Å². The van der Waals surface area contributed by atoms with Gasteiger partial charge in [0.15, 0.2) is 0 Å². The van der Waals surface area contributed by atoms with E-state index in [1.54, 1.807) is 0 Å². The molecule has 14 heavy (non-hydrogen) atoms. The van der Waals surface area contributed by atoms with Gasteiger partial charge in [0, 0.05) is 0 Å². The second kappa shape index (κ2) is 8.25. The Kier molecular flexibility index (Phi) is 7.06. The molecule has 0 bridgehead atoms. The molecular formula is C12H24O2. The predicted molar refractivity (Wildman–Crippen MR) is 58.4 cm³/mol. The van der Waals surface area contributed by atoms with Crippen molar-refractivity contribution in [1.82, 2.24) is 0 Å². The molecule has 1 aliphatic carbocycles. The maximum absolute atomic E-state index is 8.70. The second-order valence-corrected chi connectivity index (χ2v) is 4.27. The number of aliphatic hydroxyl groups is 1. The molecule has 0 heterocycles. The van der Waals surface area contributed by atoms with Gasteiger partial charge in [-0.15, -0.1) is 0 Å². The van der Waals surface area contributed by atoms with Gasteiger partial charge < -0.3 is 9.84 Å². The van der Waals surface area contributed by atoms with Crippen molar-refractivity contribution >= 4 is 0 Å². The number of ether oxygens (including phenoxy) is 1. The van der Waals surface area contributed by atoms with Gasteiger partial charge in [-0.1, -0.05) is 44.9 Å². The zero-order chi connectivity index (χ0) is 10.1. The van der Waals surface area contributed by atoms with Gasteiger partial charge in [-0.2, -0.15) is 0 Å². The van der Waals surface area contributed by atoms with Crippen LogP contribution in [0.2, 0.25) is 0 Å². The molecule has 1 saturated carbocycles. The molecule has 1 aliphatic rings. The van der Waals surface area contributed by atoms with Gasteiger partial charge in [0.1, 0.15) is 0 Å². The van der Waals surface area contributed by atoms with Gasteiger partial charge in [0.25, 0.3) is 0 Å². The minimum atomic E-state index is 0.163. The molecule has 1 N–H and O–H groups in total. The normalized spacial score (nSPS) is 22.1. The average Bonchev–Trinajstić information content (AvgIpc) is 2.23. The predicted octanol–water partition coefficient (Wildman–Crippen LogP) is 2.89. The minimum absolute atomic E-state index is 0.163. The van der Waals surface area contributed by atoms with Crippen molar-refractivity contribution in [1.29, 1.82) is 0 Å². The lowest BCUT2D eigenvalue weighted by molar-refractivity contribution is 0.0162. The summed E-state index contributed by atoms with van der Waals surface area (Å²) >= 11 is 0. The molecule has 0 aliphatic heterocycles. The van der Waals surface area contributed by atoms with Crippen LogP contribution in [0.1, 0.15) is 57.8 Å². The lowest BCUT2D eigenvalue weighted by Crippen LogP contribution is -2.16. The van der Waals surface area contributed by atoms with E-state index in [9.17, 15) is 0 Å². The number of hydrogen-bond acceptors (Lipinski definition) is 2. The Hall–Kier alpha value is -0.0800. The van der Waals surface area contributed by atoms with E-state index in [1.807, 2.05) is 0 Å². The molecule has 0 aromatic rings. The standard InChI is InChI=1S/C12H24O2/c13-10-11-14-12-8-6-4-2-1-3-5-7-9-12/h12-13H,1-11H2. The molecule has 0 aromatic carbocycles. The van der Waals surface area contributed by atoms with Crippen LogP contribution in [0.3, 0.4) is 0 Å². The van der Waals surface area contributed by atoms with E-state index in [1.165, 1.54) is 57.8 Å². The first kappa shape index (κ1) is 12.0. The van der Waals surface area contributed by atoms with Crippen LogP contribution in [0.5, 0.6) is 0 Å². The van der Waals surface area contributed by atoms with Crippen LogP contribution in [-0.2, 0) is 4.74 Å². The van der Waals surface area contributed by atoms with E-state index in [2.05, 4.69) is 0 Å². The topological polar surface area (TPSA) is 29.5 Å². The van der Waals surface area contributed by atoms with Crippen molar-refractivity contribution in [3.63, 3.8) is 0 Å². The Morgan fingerprint density at radius 2 is 1.36 bits per heavy atom. The number of aliphatic hydroxyl groups excluding tert-OH is 1. The molecule has 0 aromatic heterocycles. The zero-order valence-electron chi connectivity index (χ0n) is 9.21. The van der Waals surface area contributed by atoms with Gasteiger partial charge in [0.05, 0.1) is 19.3 Å². The molecule has 0 spiro atoms. The SMILES string of the molecule is OCCOC1CCCCCCCCC1. The van der Waals surface area contributed by atoms with Crippen molar-refractivity contribution in [2.45, 2.75) is 63.9 Å². The van der Waals surface area contributed by atoms with Crippen LogP contribution in [0.25, 0.3) is 0 Å². The summed E-state index contributed by atoms with van der Waals surface area (Å²) in [6.07, 6.45) is 12.3. The Labute approximate surface area is 87.7 Å². The summed E-state index contributed by atoms with van der Waals surface area (Å²) in [5.41, 5.74) is 0. The van der Waals surface area contributed by atoms with Crippen LogP contribution < -0.4 is 0 Å². The van der Waals surface area contributed by atoms with Crippen molar-refractivity contribution in [2.24, 2.45) is 0 Å². The van der Waals surface area contributed by atoms with E-state index >= 15 is 0 Å². The maximum Gasteiger partial charge on any atom is 0.0701 e. The first-order valence-corrected chi connectivity index (χ1v) is 6.16. The van der Waals surface area contributed by atoms with E-state index in [0.717, 1.165) is 0 Å². The lowest BCUT2D eigenvalue weighted by Gasteiger charge is -2.18. The van der Waals surface area contributed by atoms with Crippen LogP contribution in [-0.4, -0.2) is 24.4 Å². The summed E-state index contributed by atoms with van der Waals surface area (Å²) in [5, 5.41) is 8.70. The van der Waals surface area contributed by atoms with E-state index in [-0.39, 0.29) is 6.61 Å². The minimum Gasteiger partial charge on any atom is -0.394 e. The highest BCUT2D eigenvalue weighted by molar-refractivity contribution is 4.61. The zero-order valence-corrected chi connectivity index (χ0v) is 9.21. The van der Waals surface area contributed by atoms with Gasteiger partial charge in [0.2, 0.25) is 0 Å². The summed E-state index contributed by atoms with van der Waals surface area (Å²) in [7, 11) is 0. The molecule has 2 heteroatoms. The fourth-order valence-electron chi connectivity index (χ4n) is 2.16. The van der Waals surface area contributed by atoms with Crippen LogP contribution in [0.4, 0.5) is 0 Å². The molecule has 84 valence electrons. The third kappa shape index (κ3) is 5.61. The monoisotopic (exact) mass is 200 g/mol. The smallest absolute Gasteiger partial charge is 0.0701 e. The summed E-state index contributed by atoms with van der Waals surface area (Å²) < 4.78 is 5.61.